The fraction of sp³-hybridized carbons (Fsp3) is 0.500. The number of hydrogen-bond donors (Lipinski definition) is 1. The first kappa shape index (κ1) is 12.2. The minimum atomic E-state index is -5.08. The molecule has 0 amide bonds. The zero-order chi connectivity index (χ0) is 8.08. The van der Waals surface area contributed by atoms with Gasteiger partial charge in [0.15, 0.2) is 0 Å². The SMILES string of the molecule is BrI.O=C(O)C(F)(F)F. The van der Waals surface area contributed by atoms with E-state index in [2.05, 4.69) is 12.7 Å². The van der Waals surface area contributed by atoms with Crippen molar-refractivity contribution in [3.63, 3.8) is 0 Å². The van der Waals surface area contributed by atoms with Crippen LogP contribution in [0.1, 0.15) is 0 Å². The second-order valence-corrected chi connectivity index (χ2v) is 0.803. The number of carboxylic acid groups (broad SMARTS) is 1. The summed E-state index contributed by atoms with van der Waals surface area (Å²) in [5, 5.41) is 7.12. The van der Waals surface area contributed by atoms with Crippen molar-refractivity contribution < 1.29 is 23.1 Å². The standard InChI is InChI=1S/C2HF3O2.BrI/c3-2(4,5)1(6)7;1-2/h(H,6,7);. The highest BCUT2D eigenvalue weighted by Crippen LogP contribution is 2.13. The first-order valence-electron chi connectivity index (χ1n) is 1.39. The molecule has 9 heavy (non-hydrogen) atoms. The van der Waals surface area contributed by atoms with Crippen LogP contribution in [0.15, 0.2) is 0 Å². The second-order valence-electron chi connectivity index (χ2n) is 0.803. The van der Waals surface area contributed by atoms with E-state index in [1.807, 2.05) is 20.4 Å². The van der Waals surface area contributed by atoms with Gasteiger partial charge in [-0.3, -0.25) is 0 Å². The van der Waals surface area contributed by atoms with E-state index in [1.165, 1.54) is 0 Å². The Bertz CT molecular complexity index is 92.3. The van der Waals surface area contributed by atoms with E-state index >= 15 is 0 Å². The lowest BCUT2D eigenvalue weighted by atomic mass is 10.7. The molecule has 0 saturated carbocycles. The lowest BCUT2D eigenvalue weighted by molar-refractivity contribution is -0.192. The quantitative estimate of drug-likeness (QED) is 0.696. The van der Waals surface area contributed by atoms with Crippen molar-refractivity contribution in [3.05, 3.63) is 0 Å². The van der Waals surface area contributed by atoms with Gasteiger partial charge < -0.3 is 5.11 Å². The Morgan fingerprint density at radius 2 is 1.56 bits per heavy atom. The van der Waals surface area contributed by atoms with E-state index in [0.717, 1.165) is 0 Å². The van der Waals surface area contributed by atoms with Gasteiger partial charge in [0.2, 0.25) is 0 Å². The third-order valence-corrected chi connectivity index (χ3v) is 0.243. The van der Waals surface area contributed by atoms with Crippen molar-refractivity contribution >= 4 is 39.0 Å². The van der Waals surface area contributed by atoms with E-state index in [0.29, 0.717) is 0 Å². The average Bonchev–Trinajstić information content (AvgIpc) is 1.69. The van der Waals surface area contributed by atoms with E-state index in [-0.39, 0.29) is 0 Å². The number of alkyl halides is 3. The molecule has 0 aliphatic carbocycles. The van der Waals surface area contributed by atoms with Crippen molar-refractivity contribution in [2.24, 2.45) is 0 Å². The molecule has 0 radical (unpaired) electrons. The maximum Gasteiger partial charge on any atom is 0.490 e. The molecule has 0 atom stereocenters. The molecule has 0 rings (SSSR count). The number of carboxylic acids is 1. The van der Waals surface area contributed by atoms with E-state index in [9.17, 15) is 13.2 Å². The van der Waals surface area contributed by atoms with Gasteiger partial charge in [0.1, 0.15) is 0 Å². The molecule has 0 bridgehead atoms. The molecule has 0 spiro atoms. The Labute approximate surface area is 68.3 Å². The molecule has 0 unspecified atom stereocenters. The summed E-state index contributed by atoms with van der Waals surface area (Å²) in [6.07, 6.45) is -5.08. The monoisotopic (exact) mass is 320 g/mol. The molecule has 2 nitrogen and oxygen atoms in total. The number of rotatable bonds is 0. The fourth-order valence-electron chi connectivity index (χ4n) is 0. The fourth-order valence-corrected chi connectivity index (χ4v) is 0. The summed E-state index contributed by atoms with van der Waals surface area (Å²) in [5.41, 5.74) is 0. The van der Waals surface area contributed by atoms with Gasteiger partial charge in [-0.2, -0.15) is 13.2 Å². The van der Waals surface area contributed by atoms with E-state index in [4.69, 9.17) is 9.90 Å². The van der Waals surface area contributed by atoms with Crippen molar-refractivity contribution in [1.29, 1.82) is 0 Å². The molecule has 56 valence electrons. The third-order valence-electron chi connectivity index (χ3n) is 0.243. The Balaban J connectivity index is 0. The number of carbonyl (C=O) groups is 1. The van der Waals surface area contributed by atoms with E-state index < -0.39 is 12.1 Å². The second kappa shape index (κ2) is 5.27. The number of hydrogen-bond acceptors (Lipinski definition) is 1. The molecule has 0 saturated heterocycles. The zero-order valence-electron chi connectivity index (χ0n) is 3.75. The predicted molar refractivity (Wildman–Crippen MR) is 36.6 cm³/mol. The minimum absolute atomic E-state index is 1.96. The molecule has 7 heteroatoms. The summed E-state index contributed by atoms with van der Waals surface area (Å²) >= 11 is 4.87. The summed E-state index contributed by atoms with van der Waals surface area (Å²) in [6, 6.07) is 0. The van der Waals surface area contributed by atoms with Crippen LogP contribution in [0.4, 0.5) is 13.2 Å². The van der Waals surface area contributed by atoms with Gasteiger partial charge >= 0.3 is 12.1 Å². The maximum absolute atomic E-state index is 10.6. The highest BCUT2D eigenvalue weighted by Gasteiger charge is 2.38. The van der Waals surface area contributed by atoms with Gasteiger partial charge in [0.05, 0.1) is 0 Å². The van der Waals surface area contributed by atoms with Crippen LogP contribution in [0.5, 0.6) is 0 Å². The van der Waals surface area contributed by atoms with Crippen LogP contribution >= 0.6 is 33.1 Å². The van der Waals surface area contributed by atoms with Gasteiger partial charge in [0, 0.05) is 20.4 Å². The lowest BCUT2D eigenvalue weighted by Gasteiger charge is -1.93. The van der Waals surface area contributed by atoms with Gasteiger partial charge in [0.25, 0.3) is 0 Å². The first-order valence-corrected chi connectivity index (χ1v) is 6.22. The van der Waals surface area contributed by atoms with Crippen LogP contribution in [0.2, 0.25) is 0 Å². The largest absolute Gasteiger partial charge is 0.490 e. The summed E-state index contributed by atoms with van der Waals surface area (Å²) in [4.78, 5) is 8.90. The molecular weight excluding hydrogens is 320 g/mol. The molecule has 0 aromatic heterocycles. The Morgan fingerprint density at radius 3 is 1.56 bits per heavy atom. The molecule has 0 aliphatic heterocycles. The summed E-state index contributed by atoms with van der Waals surface area (Å²) in [5.74, 6) is -2.76. The van der Waals surface area contributed by atoms with Crippen molar-refractivity contribution in [1.82, 2.24) is 0 Å². The Hall–Kier alpha value is 0.470. The van der Waals surface area contributed by atoms with Crippen LogP contribution in [0, 0.1) is 0 Å². The van der Waals surface area contributed by atoms with Crippen LogP contribution in [0.25, 0.3) is 0 Å². The van der Waals surface area contributed by atoms with Crippen LogP contribution in [0.3, 0.4) is 0 Å². The summed E-state index contributed by atoms with van der Waals surface area (Å²) in [7, 11) is 0. The van der Waals surface area contributed by atoms with Gasteiger partial charge in [-0.25, -0.2) is 4.79 Å². The minimum Gasteiger partial charge on any atom is -0.475 e. The number of aliphatic carboxylic acids is 1. The molecule has 0 fully saturated rings. The average molecular weight is 321 g/mol. The normalized spacial score (nSPS) is 9.44. The van der Waals surface area contributed by atoms with Gasteiger partial charge in [-0.1, -0.05) is 0 Å². The van der Waals surface area contributed by atoms with Crippen LogP contribution in [-0.4, -0.2) is 17.3 Å². The molecule has 0 aliphatic rings. The van der Waals surface area contributed by atoms with Crippen molar-refractivity contribution in [2.75, 3.05) is 0 Å². The summed E-state index contributed by atoms with van der Waals surface area (Å²) < 4.78 is 31.7. The zero-order valence-corrected chi connectivity index (χ0v) is 7.49. The van der Waals surface area contributed by atoms with E-state index in [1.54, 1.807) is 0 Å². The molecule has 0 aromatic rings. The smallest absolute Gasteiger partial charge is 0.475 e. The molecule has 0 aromatic carbocycles. The maximum atomic E-state index is 10.6. The molecule has 1 N–H and O–H groups in total. The topological polar surface area (TPSA) is 37.3 Å². The predicted octanol–water partition coefficient (Wildman–Crippen LogP) is 2.36. The molecular formula is C2HBrF3IO2. The first-order chi connectivity index (χ1) is 3.94. The van der Waals surface area contributed by atoms with Gasteiger partial charge in [-0.05, 0) is 12.7 Å². The van der Waals surface area contributed by atoms with Gasteiger partial charge in [-0.15, -0.1) is 0 Å². The highest BCUT2D eigenvalue weighted by atomic mass is 127. The van der Waals surface area contributed by atoms with Crippen LogP contribution < -0.4 is 0 Å². The Morgan fingerprint density at radius 1 is 1.44 bits per heavy atom. The Kier molecular flexibility index (Phi) is 7.13. The van der Waals surface area contributed by atoms with Crippen molar-refractivity contribution in [2.45, 2.75) is 6.18 Å². The van der Waals surface area contributed by atoms with Crippen LogP contribution in [-0.2, 0) is 4.79 Å². The third kappa shape index (κ3) is 8.47. The lowest BCUT2D eigenvalue weighted by Crippen LogP contribution is -2.21. The van der Waals surface area contributed by atoms with Crippen molar-refractivity contribution in [3.8, 4) is 0 Å². The summed E-state index contributed by atoms with van der Waals surface area (Å²) in [6.45, 7) is 0. The number of halogens is 5. The molecule has 0 heterocycles. The highest BCUT2D eigenvalue weighted by molar-refractivity contribution is 14.2.